The summed E-state index contributed by atoms with van der Waals surface area (Å²) in [6.07, 6.45) is 1.24. The Bertz CT molecular complexity index is 804. The van der Waals surface area contributed by atoms with Crippen molar-refractivity contribution in [2.75, 3.05) is 12.4 Å². The van der Waals surface area contributed by atoms with Crippen molar-refractivity contribution in [2.24, 2.45) is 0 Å². The fraction of sp³-hybridized carbons (Fsp3) is 0.143. The zero-order valence-corrected chi connectivity index (χ0v) is 11.7. The third-order valence-electron chi connectivity index (χ3n) is 2.80. The van der Waals surface area contributed by atoms with Crippen molar-refractivity contribution in [3.63, 3.8) is 0 Å². The van der Waals surface area contributed by atoms with Crippen molar-refractivity contribution >= 4 is 17.6 Å². The summed E-state index contributed by atoms with van der Waals surface area (Å²) < 4.78 is 5.63. The first-order chi connectivity index (χ1) is 10.5. The molecule has 1 aromatic carbocycles. The topological polar surface area (TPSA) is 110 Å². The third kappa shape index (κ3) is 3.69. The van der Waals surface area contributed by atoms with Crippen molar-refractivity contribution in [2.45, 2.75) is 6.54 Å². The number of hydrogen-bond donors (Lipinski definition) is 2. The van der Waals surface area contributed by atoms with Crippen molar-refractivity contribution in [3.8, 4) is 0 Å². The number of methoxy groups -OCH3 is 1. The number of carbonyl (C=O) groups excluding carboxylic acids is 2. The van der Waals surface area contributed by atoms with Gasteiger partial charge in [0, 0.05) is 18.0 Å². The van der Waals surface area contributed by atoms with E-state index in [1.165, 1.54) is 25.4 Å². The number of carbonyl (C=O) groups is 2. The van der Waals surface area contributed by atoms with Crippen LogP contribution >= 0.6 is 0 Å². The van der Waals surface area contributed by atoms with Gasteiger partial charge < -0.3 is 10.1 Å². The van der Waals surface area contributed by atoms with Crippen molar-refractivity contribution in [3.05, 3.63) is 62.9 Å². The van der Waals surface area contributed by atoms with E-state index >= 15 is 0 Å². The van der Waals surface area contributed by atoms with Crippen molar-refractivity contribution < 1.29 is 14.3 Å². The molecule has 2 aromatic rings. The van der Waals surface area contributed by atoms with E-state index in [4.69, 9.17) is 0 Å². The first kappa shape index (κ1) is 15.2. The van der Waals surface area contributed by atoms with Gasteiger partial charge in [0.1, 0.15) is 6.54 Å². The molecule has 0 atom stereocenters. The van der Waals surface area contributed by atoms with Crippen LogP contribution in [0.15, 0.2) is 46.1 Å². The van der Waals surface area contributed by atoms with E-state index in [0.717, 1.165) is 10.6 Å². The molecule has 0 unspecified atom stereocenters. The molecule has 2 rings (SSSR count). The molecule has 22 heavy (non-hydrogen) atoms. The van der Waals surface area contributed by atoms with Gasteiger partial charge in [0.05, 0.1) is 12.7 Å². The standard InChI is InChI=1S/C14H13N3O5/c1-22-13(20)9-2-4-10(5-3-9)15-12(19)8-17-7-6-11(18)16-14(17)21/h2-7H,8H2,1H3,(H,15,19)(H,16,18,21). The number of amides is 1. The second-order valence-corrected chi connectivity index (χ2v) is 4.36. The van der Waals surface area contributed by atoms with Crippen LogP contribution in [0, 0.1) is 0 Å². The van der Waals surface area contributed by atoms with E-state index in [9.17, 15) is 19.2 Å². The molecular formula is C14H13N3O5. The summed E-state index contributed by atoms with van der Waals surface area (Å²) in [5.74, 6) is -0.919. The molecule has 0 aliphatic carbocycles. The van der Waals surface area contributed by atoms with E-state index in [1.807, 2.05) is 0 Å². The van der Waals surface area contributed by atoms with E-state index in [2.05, 4.69) is 15.0 Å². The number of esters is 1. The zero-order chi connectivity index (χ0) is 16.1. The summed E-state index contributed by atoms with van der Waals surface area (Å²) >= 11 is 0. The maximum absolute atomic E-state index is 11.8. The Morgan fingerprint density at radius 2 is 1.86 bits per heavy atom. The van der Waals surface area contributed by atoms with Crippen LogP contribution in [0.5, 0.6) is 0 Å². The summed E-state index contributed by atoms with van der Waals surface area (Å²) in [5.41, 5.74) is -0.365. The van der Waals surface area contributed by atoms with Crippen LogP contribution in [0.25, 0.3) is 0 Å². The van der Waals surface area contributed by atoms with Crippen LogP contribution in [0.1, 0.15) is 10.4 Å². The summed E-state index contributed by atoms with van der Waals surface area (Å²) in [4.78, 5) is 47.6. The number of H-pyrrole nitrogens is 1. The molecule has 1 aromatic heterocycles. The molecule has 1 amide bonds. The van der Waals surface area contributed by atoms with Crippen LogP contribution in [0.4, 0.5) is 5.69 Å². The minimum Gasteiger partial charge on any atom is -0.465 e. The molecule has 1 heterocycles. The van der Waals surface area contributed by atoms with Gasteiger partial charge in [-0.3, -0.25) is 19.1 Å². The maximum atomic E-state index is 11.8. The molecular weight excluding hydrogens is 290 g/mol. The number of aromatic nitrogens is 2. The number of aromatic amines is 1. The second-order valence-electron chi connectivity index (χ2n) is 4.36. The van der Waals surface area contributed by atoms with Crippen molar-refractivity contribution in [1.29, 1.82) is 0 Å². The number of rotatable bonds is 4. The van der Waals surface area contributed by atoms with Crippen LogP contribution in [-0.4, -0.2) is 28.5 Å². The molecule has 0 saturated carbocycles. The molecule has 8 heteroatoms. The third-order valence-corrected chi connectivity index (χ3v) is 2.80. The highest BCUT2D eigenvalue weighted by molar-refractivity contribution is 5.92. The number of nitrogens with one attached hydrogen (secondary N) is 2. The van der Waals surface area contributed by atoms with Gasteiger partial charge in [-0.05, 0) is 24.3 Å². The second kappa shape index (κ2) is 6.53. The SMILES string of the molecule is COC(=O)c1ccc(NC(=O)Cn2ccc(=O)[nH]c2=O)cc1. The summed E-state index contributed by atoms with van der Waals surface area (Å²) in [6, 6.07) is 7.25. The van der Waals surface area contributed by atoms with Crippen LogP contribution < -0.4 is 16.6 Å². The number of anilines is 1. The highest BCUT2D eigenvalue weighted by Crippen LogP contribution is 2.10. The predicted molar refractivity (Wildman–Crippen MR) is 77.7 cm³/mol. The minimum atomic E-state index is -0.663. The molecule has 114 valence electrons. The zero-order valence-electron chi connectivity index (χ0n) is 11.7. The van der Waals surface area contributed by atoms with Gasteiger partial charge in [0.15, 0.2) is 0 Å². The van der Waals surface area contributed by atoms with E-state index < -0.39 is 23.1 Å². The predicted octanol–water partition coefficient (Wildman–Crippen LogP) is -0.0381. The Hall–Kier alpha value is -3.16. The number of nitrogens with zero attached hydrogens (tertiary/aromatic N) is 1. The number of hydrogen-bond acceptors (Lipinski definition) is 5. The molecule has 0 radical (unpaired) electrons. The van der Waals surface area contributed by atoms with Crippen LogP contribution in [0.2, 0.25) is 0 Å². The lowest BCUT2D eigenvalue weighted by Crippen LogP contribution is -2.32. The quantitative estimate of drug-likeness (QED) is 0.770. The molecule has 8 nitrogen and oxygen atoms in total. The molecule has 0 aliphatic rings. The van der Waals surface area contributed by atoms with Crippen LogP contribution in [0.3, 0.4) is 0 Å². The largest absolute Gasteiger partial charge is 0.465 e. The van der Waals surface area contributed by atoms with E-state index in [0.29, 0.717) is 11.3 Å². The Kier molecular flexibility index (Phi) is 4.52. The lowest BCUT2D eigenvalue weighted by molar-refractivity contribution is -0.116. The monoisotopic (exact) mass is 303 g/mol. The first-order valence-electron chi connectivity index (χ1n) is 6.27. The number of benzene rings is 1. The average molecular weight is 303 g/mol. The maximum Gasteiger partial charge on any atom is 0.337 e. The average Bonchev–Trinajstić information content (AvgIpc) is 2.50. The van der Waals surface area contributed by atoms with Gasteiger partial charge in [-0.25, -0.2) is 9.59 Å². The van der Waals surface area contributed by atoms with Gasteiger partial charge >= 0.3 is 11.7 Å². The van der Waals surface area contributed by atoms with Gasteiger partial charge in [-0.1, -0.05) is 0 Å². The van der Waals surface area contributed by atoms with Gasteiger partial charge in [-0.15, -0.1) is 0 Å². The van der Waals surface area contributed by atoms with Gasteiger partial charge in [-0.2, -0.15) is 0 Å². The Morgan fingerprint density at radius 1 is 1.18 bits per heavy atom. The summed E-state index contributed by atoms with van der Waals surface area (Å²) in [6.45, 7) is -0.242. The molecule has 0 saturated heterocycles. The first-order valence-corrected chi connectivity index (χ1v) is 6.27. The van der Waals surface area contributed by atoms with Gasteiger partial charge in [0.25, 0.3) is 5.56 Å². The van der Waals surface area contributed by atoms with Gasteiger partial charge in [0.2, 0.25) is 5.91 Å². The summed E-state index contributed by atoms with van der Waals surface area (Å²) in [5, 5.41) is 2.57. The van der Waals surface area contributed by atoms with Crippen molar-refractivity contribution in [1.82, 2.24) is 9.55 Å². The normalized spacial score (nSPS) is 10.0. The fourth-order valence-corrected chi connectivity index (χ4v) is 1.73. The molecule has 0 aliphatic heterocycles. The minimum absolute atomic E-state index is 0.242. The lowest BCUT2D eigenvalue weighted by atomic mass is 10.2. The van der Waals surface area contributed by atoms with E-state index in [1.54, 1.807) is 12.1 Å². The van der Waals surface area contributed by atoms with Crippen LogP contribution in [-0.2, 0) is 16.1 Å². The molecule has 0 bridgehead atoms. The highest BCUT2D eigenvalue weighted by atomic mass is 16.5. The lowest BCUT2D eigenvalue weighted by Gasteiger charge is -2.07. The Labute approximate surface area is 124 Å². The molecule has 0 fully saturated rings. The van der Waals surface area contributed by atoms with E-state index in [-0.39, 0.29) is 6.54 Å². The molecule has 0 spiro atoms. The fourth-order valence-electron chi connectivity index (χ4n) is 1.73. The smallest absolute Gasteiger partial charge is 0.337 e. The number of ether oxygens (including phenoxy) is 1. The molecule has 2 N–H and O–H groups in total. The Balaban J connectivity index is 2.04. The summed E-state index contributed by atoms with van der Waals surface area (Å²) in [7, 11) is 1.28. The Morgan fingerprint density at radius 3 is 2.45 bits per heavy atom. The highest BCUT2D eigenvalue weighted by Gasteiger charge is 2.07.